The fourth-order valence-electron chi connectivity index (χ4n) is 3.27. The lowest BCUT2D eigenvalue weighted by molar-refractivity contribution is -0.124. The van der Waals surface area contributed by atoms with Crippen LogP contribution in [0.1, 0.15) is 24.0 Å². The van der Waals surface area contributed by atoms with E-state index in [0.717, 1.165) is 11.1 Å². The molecule has 7 heteroatoms. The third-order valence-electron chi connectivity index (χ3n) is 4.85. The van der Waals surface area contributed by atoms with Crippen LogP contribution in [0.4, 0.5) is 4.79 Å². The first-order chi connectivity index (χ1) is 13.9. The van der Waals surface area contributed by atoms with Gasteiger partial charge in [0.05, 0.1) is 0 Å². The Morgan fingerprint density at radius 3 is 2.31 bits per heavy atom. The molecule has 1 saturated heterocycles. The second kappa shape index (κ2) is 9.65. The van der Waals surface area contributed by atoms with Crippen molar-refractivity contribution in [2.75, 3.05) is 19.7 Å². The highest BCUT2D eigenvalue weighted by Gasteiger charge is 2.25. The number of carbonyl (C=O) groups excluding carboxylic acids is 2. The Morgan fingerprint density at radius 1 is 1.07 bits per heavy atom. The molecule has 1 heterocycles. The molecule has 1 aliphatic rings. The van der Waals surface area contributed by atoms with Gasteiger partial charge in [-0.2, -0.15) is 0 Å². The maximum atomic E-state index is 12.2. The number of likely N-dealkylation sites (tertiary alicyclic amines) is 1. The van der Waals surface area contributed by atoms with Crippen molar-refractivity contribution in [3.05, 3.63) is 58.6 Å². The van der Waals surface area contributed by atoms with Crippen LogP contribution in [0.2, 0.25) is 5.02 Å². The Balaban J connectivity index is 1.41. The van der Waals surface area contributed by atoms with Gasteiger partial charge >= 0.3 is 6.09 Å². The molecule has 0 saturated carbocycles. The van der Waals surface area contributed by atoms with Crippen molar-refractivity contribution >= 4 is 23.6 Å². The maximum absolute atomic E-state index is 12.2. The standard InChI is InChI=1S/C22H25ClN2O4/c1-15-12-19(13-16(2)21(15)23)28-14-20(26)24-17-8-10-25(11-9-17)22(27)29-18-6-4-3-5-7-18/h3-7,12-13,17H,8-11,14H2,1-2H3,(H,24,26). The highest BCUT2D eigenvalue weighted by atomic mass is 35.5. The Hall–Kier alpha value is -2.73. The van der Waals surface area contributed by atoms with E-state index in [1.165, 1.54) is 0 Å². The number of rotatable bonds is 5. The molecule has 154 valence electrons. The number of halogens is 1. The molecule has 29 heavy (non-hydrogen) atoms. The molecule has 1 N–H and O–H groups in total. The Kier molecular flexibility index (Phi) is 6.99. The molecular formula is C22H25ClN2O4. The van der Waals surface area contributed by atoms with Crippen LogP contribution in [0.15, 0.2) is 42.5 Å². The van der Waals surface area contributed by atoms with Crippen molar-refractivity contribution in [3.63, 3.8) is 0 Å². The monoisotopic (exact) mass is 416 g/mol. The lowest BCUT2D eigenvalue weighted by Crippen LogP contribution is -2.48. The number of nitrogens with one attached hydrogen (secondary N) is 1. The van der Waals surface area contributed by atoms with Crippen molar-refractivity contribution in [1.82, 2.24) is 10.2 Å². The molecule has 6 nitrogen and oxygen atoms in total. The van der Waals surface area contributed by atoms with Crippen molar-refractivity contribution in [1.29, 1.82) is 0 Å². The number of carbonyl (C=O) groups is 2. The Morgan fingerprint density at radius 2 is 1.69 bits per heavy atom. The zero-order chi connectivity index (χ0) is 20.8. The number of hydrogen-bond donors (Lipinski definition) is 1. The molecule has 3 rings (SSSR count). The fourth-order valence-corrected chi connectivity index (χ4v) is 3.38. The molecular weight excluding hydrogens is 392 g/mol. The van der Waals surface area contributed by atoms with Crippen LogP contribution in [-0.4, -0.2) is 42.6 Å². The van der Waals surface area contributed by atoms with Gasteiger partial charge in [-0.15, -0.1) is 0 Å². The third kappa shape index (κ3) is 5.87. The molecule has 1 aliphatic heterocycles. The van der Waals surface area contributed by atoms with E-state index in [9.17, 15) is 9.59 Å². The molecule has 0 radical (unpaired) electrons. The average Bonchev–Trinajstić information content (AvgIpc) is 2.71. The minimum Gasteiger partial charge on any atom is -0.484 e. The van der Waals surface area contributed by atoms with E-state index in [1.54, 1.807) is 17.0 Å². The molecule has 1 fully saturated rings. The van der Waals surface area contributed by atoms with E-state index in [2.05, 4.69) is 5.32 Å². The van der Waals surface area contributed by atoms with Gasteiger partial charge in [-0.05, 0) is 62.1 Å². The van der Waals surface area contributed by atoms with Crippen LogP contribution in [0.25, 0.3) is 0 Å². The van der Waals surface area contributed by atoms with E-state index in [0.29, 0.717) is 42.5 Å². The molecule has 0 aliphatic carbocycles. The number of para-hydroxylation sites is 1. The maximum Gasteiger partial charge on any atom is 0.415 e. The van der Waals surface area contributed by atoms with Crippen LogP contribution in [-0.2, 0) is 4.79 Å². The van der Waals surface area contributed by atoms with Crippen LogP contribution in [0, 0.1) is 13.8 Å². The summed E-state index contributed by atoms with van der Waals surface area (Å²) in [6, 6.07) is 12.6. The van der Waals surface area contributed by atoms with E-state index < -0.39 is 0 Å². The zero-order valence-corrected chi connectivity index (χ0v) is 17.4. The summed E-state index contributed by atoms with van der Waals surface area (Å²) >= 11 is 6.15. The summed E-state index contributed by atoms with van der Waals surface area (Å²) in [5.41, 5.74) is 1.83. The lowest BCUT2D eigenvalue weighted by Gasteiger charge is -2.31. The van der Waals surface area contributed by atoms with Crippen LogP contribution in [0.5, 0.6) is 11.5 Å². The molecule has 0 spiro atoms. The smallest absolute Gasteiger partial charge is 0.415 e. The molecule has 0 atom stereocenters. The van der Waals surface area contributed by atoms with Gasteiger partial charge in [0.25, 0.3) is 5.91 Å². The SMILES string of the molecule is Cc1cc(OCC(=O)NC2CCN(C(=O)Oc3ccccc3)CC2)cc(C)c1Cl. The largest absolute Gasteiger partial charge is 0.484 e. The van der Waals surface area contributed by atoms with Crippen LogP contribution < -0.4 is 14.8 Å². The van der Waals surface area contributed by atoms with Crippen LogP contribution in [0.3, 0.4) is 0 Å². The second-order valence-electron chi connectivity index (χ2n) is 7.17. The summed E-state index contributed by atoms with van der Waals surface area (Å²) in [7, 11) is 0. The summed E-state index contributed by atoms with van der Waals surface area (Å²) in [4.78, 5) is 26.1. The number of benzene rings is 2. The van der Waals surface area contributed by atoms with Gasteiger partial charge in [0.15, 0.2) is 6.61 Å². The molecule has 2 aromatic carbocycles. The Labute approximate surface area is 175 Å². The van der Waals surface area contributed by atoms with Gasteiger partial charge < -0.3 is 19.7 Å². The first-order valence-electron chi connectivity index (χ1n) is 9.63. The summed E-state index contributed by atoms with van der Waals surface area (Å²) in [6.45, 7) is 4.81. The summed E-state index contributed by atoms with van der Waals surface area (Å²) < 4.78 is 11.0. The van der Waals surface area contributed by atoms with Gasteiger partial charge in [0.1, 0.15) is 11.5 Å². The second-order valence-corrected chi connectivity index (χ2v) is 7.55. The predicted molar refractivity (Wildman–Crippen MR) is 112 cm³/mol. The number of piperidine rings is 1. The van der Waals surface area contributed by atoms with Gasteiger partial charge in [0, 0.05) is 24.2 Å². The summed E-state index contributed by atoms with van der Waals surface area (Å²) in [5.74, 6) is 0.969. The Bertz CT molecular complexity index is 841. The summed E-state index contributed by atoms with van der Waals surface area (Å²) in [5, 5.41) is 3.68. The van der Waals surface area contributed by atoms with Crippen LogP contribution >= 0.6 is 11.6 Å². The van der Waals surface area contributed by atoms with Gasteiger partial charge in [-0.1, -0.05) is 29.8 Å². The van der Waals surface area contributed by atoms with E-state index >= 15 is 0 Å². The quantitative estimate of drug-likeness (QED) is 0.796. The lowest BCUT2D eigenvalue weighted by atomic mass is 10.1. The van der Waals surface area contributed by atoms with Crippen molar-refractivity contribution < 1.29 is 19.1 Å². The van der Waals surface area contributed by atoms with E-state index in [-0.39, 0.29) is 24.6 Å². The molecule has 2 amide bonds. The normalized spacial score (nSPS) is 14.4. The van der Waals surface area contributed by atoms with Gasteiger partial charge in [-0.3, -0.25) is 4.79 Å². The number of ether oxygens (including phenoxy) is 2. The van der Waals surface area contributed by atoms with Crippen molar-refractivity contribution in [2.24, 2.45) is 0 Å². The van der Waals surface area contributed by atoms with Crippen molar-refractivity contribution in [3.8, 4) is 11.5 Å². The highest BCUT2D eigenvalue weighted by molar-refractivity contribution is 6.32. The minimum absolute atomic E-state index is 0.0144. The molecule has 0 aromatic heterocycles. The van der Waals surface area contributed by atoms with Gasteiger partial charge in [0.2, 0.25) is 0 Å². The van der Waals surface area contributed by atoms with Crippen molar-refractivity contribution in [2.45, 2.75) is 32.7 Å². The minimum atomic E-state index is -0.363. The number of amides is 2. The van der Waals surface area contributed by atoms with E-state index in [1.807, 2.05) is 44.2 Å². The first-order valence-corrected chi connectivity index (χ1v) is 10.0. The first kappa shape index (κ1) is 21.0. The highest BCUT2D eigenvalue weighted by Crippen LogP contribution is 2.25. The molecule has 0 bridgehead atoms. The molecule has 0 unspecified atom stereocenters. The zero-order valence-electron chi connectivity index (χ0n) is 16.6. The topological polar surface area (TPSA) is 67.9 Å². The third-order valence-corrected chi connectivity index (χ3v) is 5.44. The number of hydrogen-bond acceptors (Lipinski definition) is 4. The van der Waals surface area contributed by atoms with Gasteiger partial charge in [-0.25, -0.2) is 4.79 Å². The fraction of sp³-hybridized carbons (Fsp3) is 0.364. The number of aryl methyl sites for hydroxylation is 2. The number of nitrogens with zero attached hydrogens (tertiary/aromatic N) is 1. The molecule has 2 aromatic rings. The predicted octanol–water partition coefficient (Wildman–Crippen LogP) is 4.12. The van der Waals surface area contributed by atoms with E-state index in [4.69, 9.17) is 21.1 Å². The summed E-state index contributed by atoms with van der Waals surface area (Å²) in [6.07, 6.45) is 0.988. The average molecular weight is 417 g/mol.